The van der Waals surface area contributed by atoms with E-state index in [1.54, 1.807) is 12.1 Å². The van der Waals surface area contributed by atoms with Gasteiger partial charge in [0, 0.05) is 29.1 Å². The van der Waals surface area contributed by atoms with E-state index in [4.69, 9.17) is 0 Å². The maximum Gasteiger partial charge on any atom is 0.261 e. The Labute approximate surface area is 131 Å². The molecule has 1 aromatic carbocycles. The van der Waals surface area contributed by atoms with E-state index in [2.05, 4.69) is 10.3 Å². The Kier molecular flexibility index (Phi) is 3.04. The van der Waals surface area contributed by atoms with Gasteiger partial charge in [-0.25, -0.2) is 4.39 Å². The monoisotopic (exact) mass is 314 g/mol. The minimum Gasteiger partial charge on any atom is -0.361 e. The van der Waals surface area contributed by atoms with E-state index < -0.39 is 0 Å². The first-order chi connectivity index (χ1) is 10.7. The highest BCUT2D eigenvalue weighted by Crippen LogP contribution is 2.50. The number of nitrogens with one attached hydrogen (secondary N) is 2. The van der Waals surface area contributed by atoms with Crippen molar-refractivity contribution in [3.63, 3.8) is 0 Å². The van der Waals surface area contributed by atoms with Gasteiger partial charge in [-0.05, 0) is 48.1 Å². The van der Waals surface area contributed by atoms with E-state index in [1.807, 2.05) is 23.7 Å². The third-order valence-corrected chi connectivity index (χ3v) is 5.27. The molecule has 4 rings (SSSR count). The van der Waals surface area contributed by atoms with Crippen molar-refractivity contribution in [1.29, 1.82) is 0 Å². The number of thiophene rings is 1. The molecular formula is C17H15FN2OS. The maximum absolute atomic E-state index is 13.5. The lowest BCUT2D eigenvalue weighted by Crippen LogP contribution is -2.31. The Balaban J connectivity index is 1.58. The summed E-state index contributed by atoms with van der Waals surface area (Å²) < 4.78 is 13.5. The molecule has 3 aromatic rings. The van der Waals surface area contributed by atoms with Crippen LogP contribution >= 0.6 is 11.3 Å². The molecule has 1 amide bonds. The standard InChI is InChI=1S/C17H15FN2OS/c18-11-3-4-14-12(8-11)13(9-19-14)17(5-6-17)10-20-16(21)15-2-1-7-22-15/h1-4,7-9,19H,5-6,10H2,(H,20,21). The zero-order valence-corrected chi connectivity index (χ0v) is 12.7. The molecule has 0 saturated heterocycles. The first-order valence-electron chi connectivity index (χ1n) is 7.27. The van der Waals surface area contributed by atoms with Gasteiger partial charge in [-0.15, -0.1) is 11.3 Å². The SMILES string of the molecule is O=C(NCC1(c2c[nH]c3ccc(F)cc23)CC1)c1cccs1. The summed E-state index contributed by atoms with van der Waals surface area (Å²) in [6.07, 6.45) is 3.98. The largest absolute Gasteiger partial charge is 0.361 e. The van der Waals surface area contributed by atoms with Crippen molar-refractivity contribution in [2.75, 3.05) is 6.54 Å². The first-order valence-corrected chi connectivity index (χ1v) is 8.15. The molecule has 2 aromatic heterocycles. The molecule has 0 bridgehead atoms. The fourth-order valence-corrected chi connectivity index (χ4v) is 3.61. The quantitative estimate of drug-likeness (QED) is 0.755. The smallest absolute Gasteiger partial charge is 0.261 e. The second-order valence-corrected chi connectivity index (χ2v) is 6.78. The zero-order chi connectivity index (χ0) is 15.2. The van der Waals surface area contributed by atoms with Crippen LogP contribution in [0.5, 0.6) is 0 Å². The van der Waals surface area contributed by atoms with E-state index in [9.17, 15) is 9.18 Å². The van der Waals surface area contributed by atoms with E-state index in [1.165, 1.54) is 17.4 Å². The highest BCUT2D eigenvalue weighted by molar-refractivity contribution is 7.12. The van der Waals surface area contributed by atoms with E-state index >= 15 is 0 Å². The van der Waals surface area contributed by atoms with Crippen LogP contribution in [0, 0.1) is 5.82 Å². The van der Waals surface area contributed by atoms with Crippen LogP contribution in [0.1, 0.15) is 28.1 Å². The van der Waals surface area contributed by atoms with Crippen LogP contribution in [0.2, 0.25) is 0 Å². The average Bonchev–Trinajstić information content (AvgIpc) is 2.95. The molecule has 3 nitrogen and oxygen atoms in total. The first kappa shape index (κ1) is 13.5. The minimum absolute atomic E-state index is 0.0349. The molecule has 1 saturated carbocycles. The molecule has 0 atom stereocenters. The molecule has 0 unspecified atom stereocenters. The van der Waals surface area contributed by atoms with Gasteiger partial charge in [-0.1, -0.05) is 6.07 Å². The van der Waals surface area contributed by atoms with Gasteiger partial charge in [-0.3, -0.25) is 4.79 Å². The molecule has 1 fully saturated rings. The topological polar surface area (TPSA) is 44.9 Å². The Morgan fingerprint density at radius 1 is 1.36 bits per heavy atom. The number of hydrogen-bond donors (Lipinski definition) is 2. The summed E-state index contributed by atoms with van der Waals surface area (Å²) in [7, 11) is 0. The van der Waals surface area contributed by atoms with Crippen LogP contribution in [0.25, 0.3) is 10.9 Å². The molecule has 112 valence electrons. The van der Waals surface area contributed by atoms with Crippen LogP contribution in [-0.2, 0) is 5.41 Å². The number of aromatic nitrogens is 1. The second-order valence-electron chi connectivity index (χ2n) is 5.83. The summed E-state index contributed by atoms with van der Waals surface area (Å²) in [5.41, 5.74) is 1.99. The van der Waals surface area contributed by atoms with Crippen molar-refractivity contribution in [1.82, 2.24) is 10.3 Å². The molecule has 1 aliphatic carbocycles. The normalized spacial score (nSPS) is 15.9. The Hall–Kier alpha value is -2.14. The summed E-state index contributed by atoms with van der Waals surface area (Å²) >= 11 is 1.44. The molecule has 1 aliphatic rings. The predicted molar refractivity (Wildman–Crippen MR) is 85.8 cm³/mol. The number of carbonyl (C=O) groups excluding carboxylic acids is 1. The van der Waals surface area contributed by atoms with Crippen LogP contribution in [-0.4, -0.2) is 17.4 Å². The van der Waals surface area contributed by atoms with Gasteiger partial charge in [-0.2, -0.15) is 0 Å². The highest BCUT2D eigenvalue weighted by Gasteiger charge is 2.45. The van der Waals surface area contributed by atoms with Crippen molar-refractivity contribution in [3.8, 4) is 0 Å². The van der Waals surface area contributed by atoms with Crippen molar-refractivity contribution < 1.29 is 9.18 Å². The van der Waals surface area contributed by atoms with Gasteiger partial charge < -0.3 is 10.3 Å². The molecule has 2 N–H and O–H groups in total. The lowest BCUT2D eigenvalue weighted by molar-refractivity contribution is 0.0954. The molecule has 0 radical (unpaired) electrons. The lowest BCUT2D eigenvalue weighted by atomic mass is 9.95. The van der Waals surface area contributed by atoms with Crippen molar-refractivity contribution in [3.05, 3.63) is 58.2 Å². The predicted octanol–water partition coefficient (Wildman–Crippen LogP) is 3.83. The summed E-state index contributed by atoms with van der Waals surface area (Å²) in [6.45, 7) is 0.590. The number of fused-ring (bicyclic) bond motifs is 1. The van der Waals surface area contributed by atoms with E-state index in [0.29, 0.717) is 6.54 Å². The molecule has 0 aliphatic heterocycles. The average molecular weight is 314 g/mol. The summed E-state index contributed by atoms with van der Waals surface area (Å²) in [4.78, 5) is 16.0. The van der Waals surface area contributed by atoms with Crippen LogP contribution < -0.4 is 5.32 Å². The molecule has 0 spiro atoms. The van der Waals surface area contributed by atoms with Crippen molar-refractivity contribution in [2.24, 2.45) is 0 Å². The molecule has 22 heavy (non-hydrogen) atoms. The number of halogens is 1. The number of benzene rings is 1. The van der Waals surface area contributed by atoms with Gasteiger partial charge in [0.25, 0.3) is 5.91 Å². The lowest BCUT2D eigenvalue weighted by Gasteiger charge is -2.15. The summed E-state index contributed by atoms with van der Waals surface area (Å²) in [5, 5.41) is 5.83. The fraction of sp³-hybridized carbons (Fsp3) is 0.235. The van der Waals surface area contributed by atoms with Gasteiger partial charge in [0.15, 0.2) is 0 Å². The van der Waals surface area contributed by atoms with Gasteiger partial charge in [0.2, 0.25) is 0 Å². The number of rotatable bonds is 4. The number of carbonyl (C=O) groups is 1. The number of aromatic amines is 1. The third kappa shape index (κ3) is 2.22. The fourth-order valence-electron chi connectivity index (χ4n) is 2.97. The Bertz CT molecular complexity index is 834. The van der Waals surface area contributed by atoms with Gasteiger partial charge >= 0.3 is 0 Å². The van der Waals surface area contributed by atoms with Crippen LogP contribution in [0.15, 0.2) is 41.9 Å². The molecular weight excluding hydrogens is 299 g/mol. The van der Waals surface area contributed by atoms with Gasteiger partial charge in [0.05, 0.1) is 4.88 Å². The van der Waals surface area contributed by atoms with E-state index in [-0.39, 0.29) is 17.1 Å². The van der Waals surface area contributed by atoms with Crippen molar-refractivity contribution in [2.45, 2.75) is 18.3 Å². The molecule has 5 heteroatoms. The second kappa shape index (κ2) is 4.95. The van der Waals surface area contributed by atoms with Crippen molar-refractivity contribution >= 4 is 28.1 Å². The van der Waals surface area contributed by atoms with Crippen LogP contribution in [0.3, 0.4) is 0 Å². The number of hydrogen-bond acceptors (Lipinski definition) is 2. The zero-order valence-electron chi connectivity index (χ0n) is 11.9. The third-order valence-electron chi connectivity index (χ3n) is 4.40. The van der Waals surface area contributed by atoms with Crippen LogP contribution in [0.4, 0.5) is 4.39 Å². The Morgan fingerprint density at radius 2 is 2.23 bits per heavy atom. The minimum atomic E-state index is -0.230. The molecule has 2 heterocycles. The summed E-state index contributed by atoms with van der Waals surface area (Å²) in [6, 6.07) is 8.48. The maximum atomic E-state index is 13.5. The van der Waals surface area contributed by atoms with E-state index in [0.717, 1.165) is 34.2 Å². The summed E-state index contributed by atoms with van der Waals surface area (Å²) in [5.74, 6) is -0.265. The highest BCUT2D eigenvalue weighted by atomic mass is 32.1. The Morgan fingerprint density at radius 3 is 2.95 bits per heavy atom. The van der Waals surface area contributed by atoms with Gasteiger partial charge in [0.1, 0.15) is 5.82 Å². The number of amides is 1. The number of H-pyrrole nitrogens is 1.